The van der Waals surface area contributed by atoms with E-state index in [1.165, 1.54) is 19.3 Å². The molecule has 3 N–H and O–H groups in total. The number of hydrogen-bond donors (Lipinski definition) is 2. The molecule has 0 aliphatic heterocycles. The third-order valence-electron chi connectivity index (χ3n) is 4.20. The van der Waals surface area contributed by atoms with Crippen molar-refractivity contribution in [2.75, 3.05) is 13.1 Å². The fraction of sp³-hybridized carbons (Fsp3) is 0.857. The summed E-state index contributed by atoms with van der Waals surface area (Å²) in [7, 11) is 0. The molecule has 0 radical (unpaired) electrons. The second-order valence-corrected chi connectivity index (χ2v) is 5.47. The van der Waals surface area contributed by atoms with Gasteiger partial charge in [0.1, 0.15) is 0 Å². The number of rotatable bonds is 5. The van der Waals surface area contributed by atoms with Crippen LogP contribution in [0, 0.1) is 11.8 Å². The van der Waals surface area contributed by atoms with Crippen LogP contribution in [0.4, 0.5) is 0 Å². The summed E-state index contributed by atoms with van der Waals surface area (Å²) < 4.78 is 0. The molecule has 1 saturated carbocycles. The standard InChI is InChI=1S/C14H28N2/c1-4-5-6-9-16-14(11-15)8-7-12(2)13(3)10-14/h4-5,12-13,16H,6-11,15H2,1-3H3/b5-4+. The Bertz CT molecular complexity index is 225. The first-order valence-electron chi connectivity index (χ1n) is 6.70. The lowest BCUT2D eigenvalue weighted by atomic mass is 9.71. The van der Waals surface area contributed by atoms with Crippen molar-refractivity contribution in [3.63, 3.8) is 0 Å². The van der Waals surface area contributed by atoms with E-state index in [0.29, 0.717) is 0 Å². The number of nitrogens with two attached hydrogens (primary N) is 1. The van der Waals surface area contributed by atoms with Gasteiger partial charge in [-0.2, -0.15) is 0 Å². The molecule has 0 bridgehead atoms. The lowest BCUT2D eigenvalue weighted by Gasteiger charge is -2.43. The topological polar surface area (TPSA) is 38.0 Å². The minimum absolute atomic E-state index is 0.216. The van der Waals surface area contributed by atoms with E-state index in [1.54, 1.807) is 0 Å². The highest BCUT2D eigenvalue weighted by Gasteiger charge is 2.35. The van der Waals surface area contributed by atoms with E-state index in [0.717, 1.165) is 31.3 Å². The molecule has 0 saturated heterocycles. The summed E-state index contributed by atoms with van der Waals surface area (Å²) in [6.07, 6.45) is 9.23. The zero-order chi connectivity index (χ0) is 12.0. The van der Waals surface area contributed by atoms with E-state index in [4.69, 9.17) is 5.73 Å². The fourth-order valence-corrected chi connectivity index (χ4v) is 2.71. The van der Waals surface area contributed by atoms with Crippen LogP contribution in [-0.2, 0) is 0 Å². The first kappa shape index (κ1) is 13.7. The van der Waals surface area contributed by atoms with Crippen LogP contribution in [0.15, 0.2) is 12.2 Å². The minimum atomic E-state index is 0.216. The van der Waals surface area contributed by atoms with Crippen molar-refractivity contribution in [1.29, 1.82) is 0 Å². The average Bonchev–Trinajstić information content (AvgIpc) is 2.30. The quantitative estimate of drug-likeness (QED) is 0.556. The van der Waals surface area contributed by atoms with E-state index in [1.807, 2.05) is 0 Å². The van der Waals surface area contributed by atoms with Gasteiger partial charge in [0.05, 0.1) is 0 Å². The van der Waals surface area contributed by atoms with Crippen LogP contribution >= 0.6 is 0 Å². The summed E-state index contributed by atoms with van der Waals surface area (Å²) in [5.41, 5.74) is 6.20. The fourth-order valence-electron chi connectivity index (χ4n) is 2.71. The second kappa shape index (κ2) is 6.41. The Morgan fingerprint density at radius 2 is 2.12 bits per heavy atom. The van der Waals surface area contributed by atoms with Crippen molar-refractivity contribution in [2.24, 2.45) is 17.6 Å². The van der Waals surface area contributed by atoms with Gasteiger partial charge in [0, 0.05) is 12.1 Å². The molecule has 0 aromatic heterocycles. The van der Waals surface area contributed by atoms with Gasteiger partial charge in [-0.3, -0.25) is 0 Å². The predicted molar refractivity (Wildman–Crippen MR) is 71.4 cm³/mol. The van der Waals surface area contributed by atoms with Crippen LogP contribution in [0.1, 0.15) is 46.5 Å². The van der Waals surface area contributed by atoms with Crippen LogP contribution in [-0.4, -0.2) is 18.6 Å². The monoisotopic (exact) mass is 224 g/mol. The molecule has 1 rings (SSSR count). The Hall–Kier alpha value is -0.340. The van der Waals surface area contributed by atoms with Crippen LogP contribution in [0.5, 0.6) is 0 Å². The molecule has 0 amide bonds. The SMILES string of the molecule is C/C=C/CCNC1(CN)CCC(C)C(C)C1. The molecular formula is C14H28N2. The Balaban J connectivity index is 2.44. The highest BCUT2D eigenvalue weighted by molar-refractivity contribution is 4.96. The van der Waals surface area contributed by atoms with Crippen LogP contribution < -0.4 is 11.1 Å². The normalized spacial score (nSPS) is 35.8. The minimum Gasteiger partial charge on any atom is -0.329 e. The second-order valence-electron chi connectivity index (χ2n) is 5.47. The zero-order valence-electron chi connectivity index (χ0n) is 11.1. The average molecular weight is 224 g/mol. The van der Waals surface area contributed by atoms with Gasteiger partial charge in [0.2, 0.25) is 0 Å². The molecule has 94 valence electrons. The number of hydrogen-bond acceptors (Lipinski definition) is 2. The van der Waals surface area contributed by atoms with Gasteiger partial charge in [0.15, 0.2) is 0 Å². The van der Waals surface area contributed by atoms with Crippen molar-refractivity contribution in [1.82, 2.24) is 5.32 Å². The summed E-state index contributed by atoms with van der Waals surface area (Å²) in [5.74, 6) is 1.66. The number of allylic oxidation sites excluding steroid dienone is 1. The Kier molecular flexibility index (Phi) is 5.50. The Morgan fingerprint density at radius 3 is 2.69 bits per heavy atom. The zero-order valence-corrected chi connectivity index (χ0v) is 11.1. The smallest absolute Gasteiger partial charge is 0.0306 e. The van der Waals surface area contributed by atoms with Gasteiger partial charge >= 0.3 is 0 Å². The van der Waals surface area contributed by atoms with E-state index in [9.17, 15) is 0 Å². The summed E-state index contributed by atoms with van der Waals surface area (Å²) in [5, 5.41) is 3.69. The maximum atomic E-state index is 5.98. The van der Waals surface area contributed by atoms with E-state index in [2.05, 4.69) is 38.2 Å². The molecule has 16 heavy (non-hydrogen) atoms. The third kappa shape index (κ3) is 3.60. The molecule has 0 spiro atoms. The van der Waals surface area contributed by atoms with Crippen LogP contribution in [0.2, 0.25) is 0 Å². The summed E-state index contributed by atoms with van der Waals surface area (Å²) in [6, 6.07) is 0. The van der Waals surface area contributed by atoms with Crippen molar-refractivity contribution < 1.29 is 0 Å². The molecule has 1 fully saturated rings. The van der Waals surface area contributed by atoms with E-state index >= 15 is 0 Å². The number of nitrogens with one attached hydrogen (secondary N) is 1. The largest absolute Gasteiger partial charge is 0.329 e. The van der Waals surface area contributed by atoms with Gasteiger partial charge in [-0.05, 0) is 51.0 Å². The van der Waals surface area contributed by atoms with Gasteiger partial charge in [-0.25, -0.2) is 0 Å². The van der Waals surface area contributed by atoms with Crippen molar-refractivity contribution in [3.05, 3.63) is 12.2 Å². The maximum Gasteiger partial charge on any atom is 0.0306 e. The van der Waals surface area contributed by atoms with Crippen molar-refractivity contribution in [3.8, 4) is 0 Å². The predicted octanol–water partition coefficient (Wildman–Crippen LogP) is 2.70. The molecule has 3 atom stereocenters. The van der Waals surface area contributed by atoms with Crippen molar-refractivity contribution in [2.45, 2.75) is 52.0 Å². The first-order valence-corrected chi connectivity index (χ1v) is 6.70. The van der Waals surface area contributed by atoms with Gasteiger partial charge in [0.25, 0.3) is 0 Å². The maximum absolute atomic E-state index is 5.98. The molecule has 2 heteroatoms. The molecule has 3 unspecified atom stereocenters. The molecule has 0 aromatic carbocycles. The summed E-state index contributed by atoms with van der Waals surface area (Å²) in [6.45, 7) is 8.64. The molecular weight excluding hydrogens is 196 g/mol. The van der Waals surface area contributed by atoms with Crippen LogP contribution in [0.3, 0.4) is 0 Å². The molecule has 1 aliphatic rings. The summed E-state index contributed by atoms with van der Waals surface area (Å²) >= 11 is 0. The molecule has 2 nitrogen and oxygen atoms in total. The summed E-state index contributed by atoms with van der Waals surface area (Å²) in [4.78, 5) is 0. The van der Waals surface area contributed by atoms with E-state index < -0.39 is 0 Å². The van der Waals surface area contributed by atoms with E-state index in [-0.39, 0.29) is 5.54 Å². The van der Waals surface area contributed by atoms with Gasteiger partial charge in [-0.15, -0.1) is 0 Å². The van der Waals surface area contributed by atoms with Gasteiger partial charge in [-0.1, -0.05) is 26.0 Å². The Morgan fingerprint density at radius 1 is 1.38 bits per heavy atom. The highest BCUT2D eigenvalue weighted by atomic mass is 15.0. The first-order chi connectivity index (χ1) is 7.63. The lowest BCUT2D eigenvalue weighted by Crippen LogP contribution is -2.55. The highest BCUT2D eigenvalue weighted by Crippen LogP contribution is 2.35. The molecule has 1 aliphatic carbocycles. The third-order valence-corrected chi connectivity index (χ3v) is 4.20. The molecule has 0 aromatic rings. The lowest BCUT2D eigenvalue weighted by molar-refractivity contribution is 0.147. The van der Waals surface area contributed by atoms with Gasteiger partial charge < -0.3 is 11.1 Å². The van der Waals surface area contributed by atoms with Crippen molar-refractivity contribution >= 4 is 0 Å². The molecule has 0 heterocycles. The Labute approximate surface area is 101 Å². The van der Waals surface area contributed by atoms with Crippen LogP contribution in [0.25, 0.3) is 0 Å².